The Bertz CT molecular complexity index is 271. The van der Waals surface area contributed by atoms with Crippen molar-refractivity contribution in [2.75, 3.05) is 0 Å². The lowest BCUT2D eigenvalue weighted by atomic mass is 9.58. The van der Waals surface area contributed by atoms with Crippen LogP contribution in [0.15, 0.2) is 0 Å². The summed E-state index contributed by atoms with van der Waals surface area (Å²) in [5, 5.41) is 20.5. The van der Waals surface area contributed by atoms with Crippen molar-refractivity contribution in [2.45, 2.75) is 65.4 Å². The van der Waals surface area contributed by atoms with E-state index in [1.807, 2.05) is 13.8 Å². The second-order valence-electron chi connectivity index (χ2n) is 5.98. The molecule has 1 fully saturated rings. The third-order valence-electron chi connectivity index (χ3n) is 4.68. The lowest BCUT2D eigenvalue weighted by Gasteiger charge is -2.49. The lowest BCUT2D eigenvalue weighted by Crippen LogP contribution is -2.56. The summed E-state index contributed by atoms with van der Waals surface area (Å²) in [4.78, 5) is 11.6. The first-order valence-corrected chi connectivity index (χ1v) is 6.77. The minimum absolute atomic E-state index is 0.403. The average molecular weight is 242 g/mol. The Hall–Kier alpha value is -0.570. The minimum atomic E-state index is -1.04. The van der Waals surface area contributed by atoms with Crippen molar-refractivity contribution < 1.29 is 15.0 Å². The summed E-state index contributed by atoms with van der Waals surface area (Å²) in [6.07, 6.45) is 3.31. The van der Waals surface area contributed by atoms with Crippen molar-refractivity contribution in [3.63, 3.8) is 0 Å². The van der Waals surface area contributed by atoms with Gasteiger partial charge in [0.2, 0.25) is 0 Å². The number of aliphatic carboxylic acids is 1. The Kier molecular flexibility index (Phi) is 4.23. The van der Waals surface area contributed by atoms with E-state index in [0.717, 1.165) is 6.42 Å². The van der Waals surface area contributed by atoms with E-state index in [1.165, 1.54) is 0 Å². The third-order valence-corrected chi connectivity index (χ3v) is 4.68. The fourth-order valence-electron chi connectivity index (χ4n) is 3.89. The van der Waals surface area contributed by atoms with Crippen LogP contribution in [0.1, 0.15) is 59.8 Å². The van der Waals surface area contributed by atoms with Gasteiger partial charge in [0.05, 0.1) is 11.0 Å². The van der Waals surface area contributed by atoms with Crippen LogP contribution in [0.2, 0.25) is 0 Å². The Balaban J connectivity index is 3.11. The van der Waals surface area contributed by atoms with Crippen LogP contribution in [-0.4, -0.2) is 21.8 Å². The van der Waals surface area contributed by atoms with E-state index >= 15 is 0 Å². The molecule has 1 rings (SSSR count). The Morgan fingerprint density at radius 2 is 1.65 bits per heavy atom. The van der Waals surface area contributed by atoms with E-state index in [1.54, 1.807) is 0 Å². The van der Waals surface area contributed by atoms with E-state index in [4.69, 9.17) is 0 Å². The van der Waals surface area contributed by atoms with Crippen LogP contribution in [0.4, 0.5) is 0 Å². The van der Waals surface area contributed by atoms with Crippen LogP contribution in [0.3, 0.4) is 0 Å². The molecule has 0 radical (unpaired) electrons. The molecular formula is C14H26O3. The van der Waals surface area contributed by atoms with Gasteiger partial charge in [-0.3, -0.25) is 4.79 Å². The van der Waals surface area contributed by atoms with Crippen molar-refractivity contribution >= 4 is 5.97 Å². The molecule has 1 saturated carbocycles. The van der Waals surface area contributed by atoms with Gasteiger partial charge in [0.15, 0.2) is 0 Å². The monoisotopic (exact) mass is 242 g/mol. The molecule has 3 nitrogen and oxygen atoms in total. The highest BCUT2D eigenvalue weighted by Crippen LogP contribution is 2.50. The van der Waals surface area contributed by atoms with Gasteiger partial charge < -0.3 is 10.2 Å². The number of hydrogen-bond donors (Lipinski definition) is 2. The summed E-state index contributed by atoms with van der Waals surface area (Å²) in [6, 6.07) is 0. The maximum absolute atomic E-state index is 11.6. The fraction of sp³-hybridized carbons (Fsp3) is 0.929. The van der Waals surface area contributed by atoms with Gasteiger partial charge in [-0.2, -0.15) is 0 Å². The average Bonchev–Trinajstić information content (AvgIpc) is 2.16. The number of hydrogen-bond acceptors (Lipinski definition) is 2. The minimum Gasteiger partial charge on any atom is -0.481 e. The maximum Gasteiger partial charge on any atom is 0.312 e. The maximum atomic E-state index is 11.6. The van der Waals surface area contributed by atoms with Gasteiger partial charge in [0.1, 0.15) is 0 Å². The van der Waals surface area contributed by atoms with Crippen LogP contribution in [0.25, 0.3) is 0 Å². The Morgan fingerprint density at radius 1 is 1.24 bits per heavy atom. The first-order valence-electron chi connectivity index (χ1n) is 6.77. The number of rotatable bonds is 4. The molecule has 1 aliphatic carbocycles. The molecule has 0 heterocycles. The molecule has 2 atom stereocenters. The quantitative estimate of drug-likeness (QED) is 0.796. The number of aliphatic hydroxyl groups is 1. The molecular weight excluding hydrogens is 216 g/mol. The SMILES string of the molecule is CCC(CC)(C(=O)O)C1(O)CC(C)CC(C)C1. The predicted octanol–water partition coefficient (Wildman–Crippen LogP) is 3.06. The normalized spacial score (nSPS) is 34.6. The molecule has 1 aliphatic rings. The summed E-state index contributed by atoms with van der Waals surface area (Å²) in [7, 11) is 0. The molecule has 2 unspecified atom stereocenters. The highest BCUT2D eigenvalue weighted by Gasteiger charge is 2.55. The fourth-order valence-corrected chi connectivity index (χ4v) is 3.89. The molecule has 0 aliphatic heterocycles. The standard InChI is InChI=1S/C14H26O3/c1-5-13(6-2,12(15)16)14(17)8-10(3)7-11(4)9-14/h10-11,17H,5-9H2,1-4H3,(H,15,16). The van der Waals surface area contributed by atoms with Crippen molar-refractivity contribution in [1.82, 2.24) is 0 Å². The van der Waals surface area contributed by atoms with E-state index in [2.05, 4.69) is 13.8 Å². The zero-order valence-electron chi connectivity index (χ0n) is 11.5. The summed E-state index contributed by atoms with van der Waals surface area (Å²) >= 11 is 0. The van der Waals surface area contributed by atoms with E-state index in [0.29, 0.717) is 37.5 Å². The van der Waals surface area contributed by atoms with Gasteiger partial charge in [-0.25, -0.2) is 0 Å². The Labute approximate surface area is 104 Å². The van der Waals surface area contributed by atoms with Crippen molar-refractivity contribution in [2.24, 2.45) is 17.3 Å². The van der Waals surface area contributed by atoms with Gasteiger partial charge in [-0.1, -0.05) is 27.7 Å². The van der Waals surface area contributed by atoms with Gasteiger partial charge >= 0.3 is 5.97 Å². The van der Waals surface area contributed by atoms with Gasteiger partial charge in [0.25, 0.3) is 0 Å². The second kappa shape index (κ2) is 4.97. The molecule has 0 amide bonds. The number of carbonyl (C=O) groups is 1. The molecule has 3 heteroatoms. The second-order valence-corrected chi connectivity index (χ2v) is 5.98. The van der Waals surface area contributed by atoms with E-state index in [-0.39, 0.29) is 0 Å². The van der Waals surface area contributed by atoms with Crippen LogP contribution < -0.4 is 0 Å². The van der Waals surface area contributed by atoms with E-state index in [9.17, 15) is 15.0 Å². The molecule has 0 aromatic rings. The van der Waals surface area contributed by atoms with Gasteiger partial charge in [-0.05, 0) is 43.9 Å². The van der Waals surface area contributed by atoms with Gasteiger partial charge in [0, 0.05) is 0 Å². The largest absolute Gasteiger partial charge is 0.481 e. The highest BCUT2D eigenvalue weighted by molar-refractivity contribution is 5.76. The summed E-state index contributed by atoms with van der Waals surface area (Å²) < 4.78 is 0. The summed E-state index contributed by atoms with van der Waals surface area (Å²) in [5.41, 5.74) is -2.02. The number of carboxylic acids is 1. The Morgan fingerprint density at radius 3 is 1.94 bits per heavy atom. The highest BCUT2D eigenvalue weighted by atomic mass is 16.4. The zero-order valence-corrected chi connectivity index (χ0v) is 11.5. The first-order chi connectivity index (χ1) is 7.81. The molecule has 0 bridgehead atoms. The molecule has 17 heavy (non-hydrogen) atoms. The summed E-state index contributed by atoms with van der Waals surface area (Å²) in [5.74, 6) is -0.0348. The first kappa shape index (κ1) is 14.5. The van der Waals surface area contributed by atoms with Crippen LogP contribution in [0.5, 0.6) is 0 Å². The molecule has 2 N–H and O–H groups in total. The zero-order chi connectivity index (χ0) is 13.3. The molecule has 0 saturated heterocycles. The van der Waals surface area contributed by atoms with Crippen LogP contribution in [0, 0.1) is 17.3 Å². The molecule has 0 aromatic carbocycles. The lowest BCUT2D eigenvalue weighted by molar-refractivity contribution is -0.182. The summed E-state index contributed by atoms with van der Waals surface area (Å²) in [6.45, 7) is 7.97. The number of carboxylic acid groups (broad SMARTS) is 1. The molecule has 100 valence electrons. The van der Waals surface area contributed by atoms with E-state index < -0.39 is 17.0 Å². The third kappa shape index (κ3) is 2.35. The molecule has 0 spiro atoms. The van der Waals surface area contributed by atoms with Crippen LogP contribution >= 0.6 is 0 Å². The molecule has 0 aromatic heterocycles. The van der Waals surface area contributed by atoms with Crippen molar-refractivity contribution in [1.29, 1.82) is 0 Å². The smallest absolute Gasteiger partial charge is 0.312 e. The van der Waals surface area contributed by atoms with Crippen molar-refractivity contribution in [3.05, 3.63) is 0 Å². The van der Waals surface area contributed by atoms with Crippen molar-refractivity contribution in [3.8, 4) is 0 Å². The topological polar surface area (TPSA) is 57.5 Å². The van der Waals surface area contributed by atoms with Gasteiger partial charge in [-0.15, -0.1) is 0 Å². The van der Waals surface area contributed by atoms with Crippen LogP contribution in [-0.2, 0) is 4.79 Å². The predicted molar refractivity (Wildman–Crippen MR) is 67.8 cm³/mol.